The standard InChI is InChI=1S/C10H9NO2/c12-5-4-7-2-1-3-9-8(7)6-10(13)11-9/h1-3,6,12H,4-5H2. The van der Waals surface area contributed by atoms with E-state index in [0.29, 0.717) is 6.42 Å². The number of carbonyl (C=O) groups excluding carboxylic acids is 1. The number of hydrogen-bond donors (Lipinski definition) is 1. The van der Waals surface area contributed by atoms with Crippen LogP contribution in [0.2, 0.25) is 0 Å². The van der Waals surface area contributed by atoms with Crippen LogP contribution in [0.25, 0.3) is 6.08 Å². The molecular weight excluding hydrogens is 166 g/mol. The lowest BCUT2D eigenvalue weighted by Crippen LogP contribution is -2.25. The van der Waals surface area contributed by atoms with Gasteiger partial charge in [-0.15, -0.1) is 0 Å². The summed E-state index contributed by atoms with van der Waals surface area (Å²) in [6, 6.07) is 5.55. The van der Waals surface area contributed by atoms with E-state index in [-0.39, 0.29) is 12.5 Å². The topological polar surface area (TPSA) is 49.7 Å². The average molecular weight is 175 g/mol. The monoisotopic (exact) mass is 175 g/mol. The third kappa shape index (κ3) is 1.38. The van der Waals surface area contributed by atoms with E-state index in [0.717, 1.165) is 16.1 Å². The Labute approximate surface area is 75.0 Å². The molecule has 1 aliphatic rings. The van der Waals surface area contributed by atoms with Crippen LogP contribution < -0.4 is 10.6 Å². The molecule has 0 radical (unpaired) electrons. The van der Waals surface area contributed by atoms with Gasteiger partial charge < -0.3 is 5.11 Å². The van der Waals surface area contributed by atoms with E-state index in [1.807, 2.05) is 12.1 Å². The molecular formula is C10H9NO2. The van der Waals surface area contributed by atoms with Crippen molar-refractivity contribution in [2.24, 2.45) is 4.99 Å². The van der Waals surface area contributed by atoms with Crippen LogP contribution in [-0.2, 0) is 11.2 Å². The average Bonchev–Trinajstić information content (AvgIpc) is 2.47. The van der Waals surface area contributed by atoms with Gasteiger partial charge in [0, 0.05) is 17.9 Å². The maximum atomic E-state index is 11.0. The summed E-state index contributed by atoms with van der Waals surface area (Å²) in [5.41, 5.74) is 0.981. The normalized spacial score (nSPS) is 13.5. The summed E-state index contributed by atoms with van der Waals surface area (Å²) in [6.45, 7) is 0.0957. The lowest BCUT2D eigenvalue weighted by atomic mass is 10.1. The van der Waals surface area contributed by atoms with Crippen molar-refractivity contribution >= 4 is 12.0 Å². The summed E-state index contributed by atoms with van der Waals surface area (Å²) >= 11 is 0. The predicted molar refractivity (Wildman–Crippen MR) is 47.5 cm³/mol. The molecule has 0 bridgehead atoms. The number of amides is 1. The number of aliphatic hydroxyl groups excluding tert-OH is 1. The molecule has 1 amide bonds. The quantitative estimate of drug-likeness (QED) is 0.637. The Balaban J connectivity index is 2.65. The van der Waals surface area contributed by atoms with E-state index in [9.17, 15) is 4.79 Å². The Kier molecular flexibility index (Phi) is 1.94. The second-order valence-corrected chi connectivity index (χ2v) is 2.92. The molecule has 0 spiro atoms. The first-order chi connectivity index (χ1) is 6.31. The smallest absolute Gasteiger partial charge is 0.270 e. The number of hydrogen-bond acceptors (Lipinski definition) is 2. The minimum Gasteiger partial charge on any atom is -0.396 e. The molecule has 0 unspecified atom stereocenters. The molecule has 0 saturated carbocycles. The van der Waals surface area contributed by atoms with Gasteiger partial charge in [-0.25, -0.2) is 4.99 Å². The molecule has 3 heteroatoms. The van der Waals surface area contributed by atoms with Gasteiger partial charge in [-0.05, 0) is 18.1 Å². The van der Waals surface area contributed by atoms with E-state index in [1.54, 1.807) is 6.07 Å². The van der Waals surface area contributed by atoms with Crippen LogP contribution in [0.4, 0.5) is 0 Å². The summed E-state index contributed by atoms with van der Waals surface area (Å²) in [6.07, 6.45) is 2.09. The van der Waals surface area contributed by atoms with Gasteiger partial charge in [0.1, 0.15) is 0 Å². The zero-order valence-corrected chi connectivity index (χ0v) is 7.03. The first-order valence-corrected chi connectivity index (χ1v) is 4.14. The molecule has 1 aliphatic heterocycles. The highest BCUT2D eigenvalue weighted by Crippen LogP contribution is 1.93. The summed E-state index contributed by atoms with van der Waals surface area (Å²) in [4.78, 5) is 14.8. The third-order valence-electron chi connectivity index (χ3n) is 2.05. The van der Waals surface area contributed by atoms with Crippen molar-refractivity contribution in [3.8, 4) is 0 Å². The SMILES string of the molecule is O=C1C=c2c(CCO)cccc2=N1. The van der Waals surface area contributed by atoms with Gasteiger partial charge in [-0.1, -0.05) is 12.1 Å². The van der Waals surface area contributed by atoms with Gasteiger partial charge in [-0.3, -0.25) is 4.79 Å². The number of fused-ring (bicyclic) bond motifs is 1. The lowest BCUT2D eigenvalue weighted by Gasteiger charge is -1.96. The fourth-order valence-electron chi connectivity index (χ4n) is 1.48. The Morgan fingerprint density at radius 2 is 2.23 bits per heavy atom. The molecule has 0 fully saturated rings. The number of carbonyl (C=O) groups is 1. The summed E-state index contributed by atoms with van der Waals surface area (Å²) in [7, 11) is 0. The molecule has 1 aromatic carbocycles. The van der Waals surface area contributed by atoms with Gasteiger partial charge in [0.15, 0.2) is 0 Å². The molecule has 0 atom stereocenters. The zero-order valence-electron chi connectivity index (χ0n) is 7.03. The van der Waals surface area contributed by atoms with Crippen molar-refractivity contribution < 1.29 is 9.90 Å². The van der Waals surface area contributed by atoms with Crippen molar-refractivity contribution in [1.82, 2.24) is 0 Å². The molecule has 1 N–H and O–H groups in total. The molecule has 0 saturated heterocycles. The van der Waals surface area contributed by atoms with E-state index in [4.69, 9.17) is 5.11 Å². The molecule has 13 heavy (non-hydrogen) atoms. The summed E-state index contributed by atoms with van der Waals surface area (Å²) < 4.78 is 0. The number of nitrogens with zero attached hydrogens (tertiary/aromatic N) is 1. The van der Waals surface area contributed by atoms with E-state index in [1.165, 1.54) is 6.08 Å². The van der Waals surface area contributed by atoms with Crippen LogP contribution in [0.15, 0.2) is 23.2 Å². The number of aliphatic hydroxyl groups is 1. The van der Waals surface area contributed by atoms with Crippen molar-refractivity contribution in [3.63, 3.8) is 0 Å². The van der Waals surface area contributed by atoms with Crippen molar-refractivity contribution in [3.05, 3.63) is 34.3 Å². The van der Waals surface area contributed by atoms with Gasteiger partial charge >= 0.3 is 0 Å². The van der Waals surface area contributed by atoms with Crippen LogP contribution in [0.3, 0.4) is 0 Å². The van der Waals surface area contributed by atoms with Gasteiger partial charge in [0.2, 0.25) is 0 Å². The van der Waals surface area contributed by atoms with E-state index < -0.39 is 0 Å². The highest BCUT2D eigenvalue weighted by Gasteiger charge is 2.05. The Bertz CT molecular complexity index is 462. The second kappa shape index (κ2) is 3.11. The van der Waals surface area contributed by atoms with Crippen LogP contribution in [0.5, 0.6) is 0 Å². The Morgan fingerprint density at radius 1 is 1.38 bits per heavy atom. The highest BCUT2D eigenvalue weighted by molar-refractivity contribution is 6.06. The third-order valence-corrected chi connectivity index (χ3v) is 2.05. The van der Waals surface area contributed by atoms with Crippen LogP contribution >= 0.6 is 0 Å². The zero-order chi connectivity index (χ0) is 9.26. The van der Waals surface area contributed by atoms with Gasteiger partial charge in [0.05, 0.1) is 5.36 Å². The fraction of sp³-hybridized carbons (Fsp3) is 0.200. The maximum Gasteiger partial charge on any atom is 0.270 e. The second-order valence-electron chi connectivity index (χ2n) is 2.92. The Hall–Kier alpha value is -1.48. The Morgan fingerprint density at radius 3 is 3.00 bits per heavy atom. The fourth-order valence-corrected chi connectivity index (χ4v) is 1.48. The van der Waals surface area contributed by atoms with Crippen LogP contribution in [-0.4, -0.2) is 17.6 Å². The van der Waals surface area contributed by atoms with Gasteiger partial charge in [-0.2, -0.15) is 0 Å². The first kappa shape index (κ1) is 8.13. The molecule has 2 rings (SSSR count). The first-order valence-electron chi connectivity index (χ1n) is 4.14. The van der Waals surface area contributed by atoms with Gasteiger partial charge in [0.25, 0.3) is 5.91 Å². The molecule has 1 heterocycles. The molecule has 1 aromatic rings. The largest absolute Gasteiger partial charge is 0.396 e. The number of benzene rings is 1. The minimum absolute atomic E-state index is 0.0957. The maximum absolute atomic E-state index is 11.0. The predicted octanol–water partition coefficient (Wildman–Crippen LogP) is -0.838. The van der Waals surface area contributed by atoms with Crippen molar-refractivity contribution in [2.45, 2.75) is 6.42 Å². The van der Waals surface area contributed by atoms with Crippen LogP contribution in [0, 0.1) is 0 Å². The minimum atomic E-state index is -0.208. The van der Waals surface area contributed by atoms with Crippen molar-refractivity contribution in [2.75, 3.05) is 6.61 Å². The molecule has 66 valence electrons. The van der Waals surface area contributed by atoms with E-state index in [2.05, 4.69) is 4.99 Å². The highest BCUT2D eigenvalue weighted by atomic mass is 16.2. The summed E-state index contributed by atoms with van der Waals surface area (Å²) in [5, 5.41) is 10.4. The lowest BCUT2D eigenvalue weighted by molar-refractivity contribution is -0.112. The van der Waals surface area contributed by atoms with Crippen molar-refractivity contribution in [1.29, 1.82) is 0 Å². The van der Waals surface area contributed by atoms with Crippen LogP contribution in [0.1, 0.15) is 5.56 Å². The molecule has 0 aromatic heterocycles. The van der Waals surface area contributed by atoms with E-state index >= 15 is 0 Å². The number of rotatable bonds is 2. The molecule has 0 aliphatic carbocycles. The molecule has 3 nitrogen and oxygen atoms in total. The summed E-state index contributed by atoms with van der Waals surface area (Å²) in [5.74, 6) is -0.208.